The maximum absolute atomic E-state index is 12.9. The van der Waals surface area contributed by atoms with Crippen LogP contribution in [0.4, 0.5) is 5.95 Å². The van der Waals surface area contributed by atoms with Crippen molar-refractivity contribution in [2.75, 3.05) is 36.5 Å². The van der Waals surface area contributed by atoms with E-state index in [0.717, 1.165) is 0 Å². The summed E-state index contributed by atoms with van der Waals surface area (Å²) < 4.78 is 59.1. The van der Waals surface area contributed by atoms with E-state index in [1.165, 1.54) is 23.5 Å². The van der Waals surface area contributed by atoms with Crippen LogP contribution < -0.4 is 5.73 Å². The Morgan fingerprint density at radius 1 is 0.763 bits per heavy atom. The Morgan fingerprint density at radius 3 is 1.68 bits per heavy atom. The lowest BCUT2D eigenvalue weighted by atomic mass is 10.5. The molecule has 0 spiro atoms. The summed E-state index contributed by atoms with van der Waals surface area (Å²) in [6, 6.07) is 1.84. The summed E-state index contributed by atoms with van der Waals surface area (Å²) in [5, 5.41) is 1.38. The number of thioether (sulfide) groups is 2. The molecule has 1 heterocycles. The zero-order valence-electron chi connectivity index (χ0n) is 23.9. The standard InChI is InChI=1S/C23H45N3O8P2S2/c1-16(2)31-35(27,32-17(3)4)14-29-10-11-37-21-12-22(26-23(24)25-21)38-13-20(9)30-15-36(28,33-18(5)6)34-19(7)8/h12,16-20H,10-11,13-15H2,1-9H3,(H2,24,25,26)/t20-/m0/s1. The summed E-state index contributed by atoms with van der Waals surface area (Å²) in [7, 11) is -6.70. The number of nitrogens with two attached hydrogens (primary N) is 1. The smallest absolute Gasteiger partial charge is 0.356 e. The van der Waals surface area contributed by atoms with E-state index in [-0.39, 0.29) is 49.2 Å². The van der Waals surface area contributed by atoms with Crippen molar-refractivity contribution >= 4 is 44.7 Å². The normalized spacial score (nSPS) is 13.8. The molecule has 1 rings (SSSR count). The third-order valence-corrected chi connectivity index (χ3v) is 9.84. The molecule has 0 radical (unpaired) electrons. The van der Waals surface area contributed by atoms with Crippen LogP contribution in [0.15, 0.2) is 16.1 Å². The number of nitrogen functional groups attached to an aromatic ring is 1. The highest BCUT2D eigenvalue weighted by atomic mass is 32.2. The molecule has 0 fully saturated rings. The van der Waals surface area contributed by atoms with Crippen molar-refractivity contribution in [1.82, 2.24) is 9.97 Å². The van der Waals surface area contributed by atoms with Crippen molar-refractivity contribution in [2.24, 2.45) is 0 Å². The molecule has 222 valence electrons. The second-order valence-electron chi connectivity index (χ2n) is 9.54. The molecule has 0 saturated heterocycles. The molecule has 38 heavy (non-hydrogen) atoms. The van der Waals surface area contributed by atoms with E-state index in [0.29, 0.717) is 28.2 Å². The topological polar surface area (TPSA) is 141 Å². The van der Waals surface area contributed by atoms with E-state index in [9.17, 15) is 9.13 Å². The van der Waals surface area contributed by atoms with Crippen molar-refractivity contribution in [3.05, 3.63) is 6.07 Å². The number of hydrogen-bond donors (Lipinski definition) is 1. The van der Waals surface area contributed by atoms with Gasteiger partial charge in [0.1, 0.15) is 22.7 Å². The van der Waals surface area contributed by atoms with Crippen LogP contribution in [0, 0.1) is 0 Å². The van der Waals surface area contributed by atoms with E-state index >= 15 is 0 Å². The van der Waals surface area contributed by atoms with Gasteiger partial charge in [-0.1, -0.05) is 0 Å². The highest BCUT2D eigenvalue weighted by Gasteiger charge is 2.29. The summed E-state index contributed by atoms with van der Waals surface area (Å²) in [5.74, 6) is 1.27. The van der Waals surface area contributed by atoms with Crippen LogP contribution in [-0.4, -0.2) is 71.3 Å². The Kier molecular flexibility index (Phi) is 16.6. The number of rotatable bonds is 20. The van der Waals surface area contributed by atoms with Crippen LogP contribution in [0.3, 0.4) is 0 Å². The lowest BCUT2D eigenvalue weighted by Gasteiger charge is -2.24. The molecule has 0 aliphatic rings. The fourth-order valence-corrected chi connectivity index (χ4v) is 8.27. The van der Waals surface area contributed by atoms with Gasteiger partial charge in [0.25, 0.3) is 0 Å². The predicted molar refractivity (Wildman–Crippen MR) is 154 cm³/mol. The summed E-state index contributed by atoms with van der Waals surface area (Å²) in [5.41, 5.74) is 5.90. The fourth-order valence-electron chi connectivity index (χ4n) is 2.88. The molecule has 0 amide bonds. The molecule has 1 aromatic rings. The van der Waals surface area contributed by atoms with E-state index in [2.05, 4.69) is 9.97 Å². The minimum atomic E-state index is -3.37. The molecule has 0 saturated carbocycles. The van der Waals surface area contributed by atoms with Crippen molar-refractivity contribution in [2.45, 2.75) is 103 Å². The van der Waals surface area contributed by atoms with Crippen molar-refractivity contribution < 1.29 is 36.7 Å². The molecule has 0 unspecified atom stereocenters. The van der Waals surface area contributed by atoms with E-state index in [4.69, 9.17) is 33.3 Å². The van der Waals surface area contributed by atoms with Gasteiger partial charge in [-0.05, 0) is 62.3 Å². The zero-order valence-corrected chi connectivity index (χ0v) is 27.4. The van der Waals surface area contributed by atoms with Crippen LogP contribution >= 0.6 is 38.7 Å². The third kappa shape index (κ3) is 16.2. The molecule has 11 nitrogen and oxygen atoms in total. The minimum Gasteiger partial charge on any atom is -0.368 e. The molecule has 0 aliphatic heterocycles. The highest BCUT2D eigenvalue weighted by Crippen LogP contribution is 2.51. The molecule has 1 atom stereocenters. The number of hydrogen-bond acceptors (Lipinski definition) is 13. The SMILES string of the molecule is CC(C)OP(=O)(COCCSc1cc(SC[C@H](C)OCP(=O)(OC(C)C)OC(C)C)nc(N)n1)OC(C)C. The van der Waals surface area contributed by atoms with E-state index in [1.54, 1.807) is 55.4 Å². The number of aromatic nitrogens is 2. The molecule has 0 aromatic carbocycles. The van der Waals surface area contributed by atoms with Gasteiger partial charge in [0.05, 0.1) is 37.1 Å². The average molecular weight is 618 g/mol. The Morgan fingerprint density at radius 2 is 1.21 bits per heavy atom. The van der Waals surface area contributed by atoms with Gasteiger partial charge in [-0.25, -0.2) is 9.97 Å². The van der Waals surface area contributed by atoms with Gasteiger partial charge in [-0.2, -0.15) is 0 Å². The van der Waals surface area contributed by atoms with Crippen molar-refractivity contribution in [3.63, 3.8) is 0 Å². The maximum atomic E-state index is 12.9. The first-order chi connectivity index (χ1) is 17.6. The number of anilines is 1. The Bertz CT molecular complexity index is 897. The second kappa shape index (κ2) is 17.6. The molecular formula is C23H45N3O8P2S2. The van der Waals surface area contributed by atoms with Crippen LogP contribution in [0.5, 0.6) is 0 Å². The Hall–Kier alpha value is -0.200. The summed E-state index contributed by atoms with van der Waals surface area (Å²) in [4.78, 5) is 8.55. The lowest BCUT2D eigenvalue weighted by molar-refractivity contribution is 0.0731. The maximum Gasteiger partial charge on any atom is 0.356 e. The lowest BCUT2D eigenvalue weighted by Crippen LogP contribution is -2.17. The van der Waals surface area contributed by atoms with Crippen molar-refractivity contribution in [3.8, 4) is 0 Å². The first-order valence-corrected chi connectivity index (χ1v) is 18.0. The van der Waals surface area contributed by atoms with Gasteiger partial charge < -0.3 is 33.3 Å². The number of ether oxygens (including phenoxy) is 2. The van der Waals surface area contributed by atoms with E-state index in [1.807, 2.05) is 13.0 Å². The van der Waals surface area contributed by atoms with Crippen LogP contribution in [0.2, 0.25) is 0 Å². The van der Waals surface area contributed by atoms with Gasteiger partial charge in [-0.3, -0.25) is 9.13 Å². The fraction of sp³-hybridized carbons (Fsp3) is 0.826. The van der Waals surface area contributed by atoms with Crippen LogP contribution in [-0.2, 0) is 36.7 Å². The summed E-state index contributed by atoms with van der Waals surface area (Å²) >= 11 is 2.90. The zero-order chi connectivity index (χ0) is 28.9. The Balaban J connectivity index is 2.56. The quantitative estimate of drug-likeness (QED) is 0.0721. The average Bonchev–Trinajstić information content (AvgIpc) is 2.73. The third-order valence-electron chi connectivity index (χ3n) is 3.89. The van der Waals surface area contributed by atoms with E-state index < -0.39 is 15.2 Å². The monoisotopic (exact) mass is 617 g/mol. The van der Waals surface area contributed by atoms with Gasteiger partial charge in [0, 0.05) is 17.6 Å². The van der Waals surface area contributed by atoms with Crippen LogP contribution in [0.25, 0.3) is 0 Å². The van der Waals surface area contributed by atoms with Gasteiger partial charge in [0.15, 0.2) is 0 Å². The molecule has 0 bridgehead atoms. The van der Waals surface area contributed by atoms with Crippen LogP contribution in [0.1, 0.15) is 62.3 Å². The molecule has 15 heteroatoms. The minimum absolute atomic E-state index is 0.119. The molecule has 1 aromatic heterocycles. The first kappa shape index (κ1) is 35.8. The largest absolute Gasteiger partial charge is 0.368 e. The predicted octanol–water partition coefficient (Wildman–Crippen LogP) is 6.67. The summed E-state index contributed by atoms with van der Waals surface area (Å²) in [6.45, 7) is 16.6. The van der Waals surface area contributed by atoms with Gasteiger partial charge >= 0.3 is 15.2 Å². The highest BCUT2D eigenvalue weighted by molar-refractivity contribution is 8.00. The Labute approximate surface area is 236 Å². The summed E-state index contributed by atoms with van der Waals surface area (Å²) in [6.07, 6.45) is -1.46. The number of nitrogens with zero attached hydrogens (tertiary/aromatic N) is 2. The second-order valence-corrected chi connectivity index (χ2v) is 15.5. The molecular weight excluding hydrogens is 572 g/mol. The van der Waals surface area contributed by atoms with Gasteiger partial charge in [-0.15, -0.1) is 23.5 Å². The van der Waals surface area contributed by atoms with Gasteiger partial charge in [0.2, 0.25) is 5.95 Å². The van der Waals surface area contributed by atoms with Crippen molar-refractivity contribution in [1.29, 1.82) is 0 Å². The molecule has 2 N–H and O–H groups in total. The molecule has 0 aliphatic carbocycles. The first-order valence-electron chi connectivity index (χ1n) is 12.6.